The molecular formula is C20H19FN4O3S2. The minimum absolute atomic E-state index is 0.0363. The lowest BCUT2D eigenvalue weighted by Crippen LogP contribution is -2.37. The number of nitrogens with two attached hydrogens (primary N) is 1. The van der Waals surface area contributed by atoms with Crippen LogP contribution in [-0.4, -0.2) is 35.7 Å². The van der Waals surface area contributed by atoms with Crippen LogP contribution in [0.4, 0.5) is 10.1 Å². The van der Waals surface area contributed by atoms with Crippen molar-refractivity contribution >= 4 is 33.4 Å². The SMILES string of the molecule is CC1Cc2cc(S(N)(=O)=O)ccc2N1C(=O)CSc1nccn1-c1cccc(F)c1. The zero-order chi connectivity index (χ0) is 21.5. The van der Waals surface area contributed by atoms with Gasteiger partial charge in [0.1, 0.15) is 5.82 Å². The molecule has 0 radical (unpaired) electrons. The normalized spacial score (nSPS) is 16.0. The van der Waals surface area contributed by atoms with E-state index in [1.165, 1.54) is 36.0 Å². The van der Waals surface area contributed by atoms with Crippen molar-refractivity contribution in [3.63, 3.8) is 0 Å². The highest BCUT2D eigenvalue weighted by atomic mass is 32.2. The molecule has 0 bridgehead atoms. The van der Waals surface area contributed by atoms with Gasteiger partial charge in [0.05, 0.1) is 16.3 Å². The lowest BCUT2D eigenvalue weighted by atomic mass is 10.1. The number of hydrogen-bond acceptors (Lipinski definition) is 5. The van der Waals surface area contributed by atoms with Gasteiger partial charge in [-0.3, -0.25) is 9.36 Å². The topological polar surface area (TPSA) is 98.3 Å². The van der Waals surface area contributed by atoms with Gasteiger partial charge in [-0.05, 0) is 55.3 Å². The van der Waals surface area contributed by atoms with E-state index in [9.17, 15) is 17.6 Å². The Morgan fingerprint density at radius 2 is 2.10 bits per heavy atom. The maximum absolute atomic E-state index is 13.5. The number of anilines is 1. The first-order chi connectivity index (χ1) is 14.2. The molecule has 1 aliphatic heterocycles. The fourth-order valence-corrected chi connectivity index (χ4v) is 4.98. The minimum atomic E-state index is -3.80. The first kappa shape index (κ1) is 20.6. The zero-order valence-corrected chi connectivity index (χ0v) is 17.7. The number of halogens is 1. The molecule has 2 aromatic carbocycles. The van der Waals surface area contributed by atoms with E-state index in [0.717, 1.165) is 5.56 Å². The molecule has 0 saturated heterocycles. The van der Waals surface area contributed by atoms with Crippen molar-refractivity contribution in [3.8, 4) is 5.69 Å². The van der Waals surface area contributed by atoms with Crippen molar-refractivity contribution in [3.05, 3.63) is 66.2 Å². The number of imidazole rings is 1. The molecule has 7 nitrogen and oxygen atoms in total. The first-order valence-corrected chi connectivity index (χ1v) is 11.7. The molecule has 1 amide bonds. The molecule has 4 rings (SSSR count). The largest absolute Gasteiger partial charge is 0.308 e. The van der Waals surface area contributed by atoms with Crippen LogP contribution in [0.25, 0.3) is 5.69 Å². The van der Waals surface area contributed by atoms with Crippen LogP contribution in [0.2, 0.25) is 0 Å². The molecule has 156 valence electrons. The highest BCUT2D eigenvalue weighted by molar-refractivity contribution is 7.99. The zero-order valence-electron chi connectivity index (χ0n) is 16.0. The summed E-state index contributed by atoms with van der Waals surface area (Å²) < 4.78 is 38.5. The van der Waals surface area contributed by atoms with E-state index in [0.29, 0.717) is 23.0 Å². The molecular weight excluding hydrogens is 427 g/mol. The molecule has 3 aromatic rings. The second-order valence-electron chi connectivity index (χ2n) is 7.00. The predicted octanol–water partition coefficient (Wildman–Crippen LogP) is 2.73. The van der Waals surface area contributed by atoms with Gasteiger partial charge in [0, 0.05) is 24.1 Å². The highest BCUT2D eigenvalue weighted by Gasteiger charge is 2.31. The number of benzene rings is 2. The molecule has 2 N–H and O–H groups in total. The van der Waals surface area contributed by atoms with Crippen molar-refractivity contribution < 1.29 is 17.6 Å². The Balaban J connectivity index is 1.52. The number of primary sulfonamides is 1. The summed E-state index contributed by atoms with van der Waals surface area (Å²) in [6, 6.07) is 10.6. The van der Waals surface area contributed by atoms with Gasteiger partial charge in [-0.25, -0.2) is 22.9 Å². The van der Waals surface area contributed by atoms with Gasteiger partial charge in [-0.15, -0.1) is 0 Å². The van der Waals surface area contributed by atoms with E-state index in [1.54, 1.807) is 40.1 Å². The van der Waals surface area contributed by atoms with Crippen molar-refractivity contribution in [1.82, 2.24) is 9.55 Å². The average molecular weight is 447 g/mol. The van der Waals surface area contributed by atoms with Crippen LogP contribution >= 0.6 is 11.8 Å². The standard InChI is InChI=1S/C20H19FN4O3S2/c1-13-9-14-10-17(30(22,27)28)5-6-18(14)25(13)19(26)12-29-20-23-7-8-24(20)16-4-2-3-15(21)11-16/h2-8,10-11,13H,9,12H2,1H3,(H2,22,27,28). The van der Waals surface area contributed by atoms with E-state index in [2.05, 4.69) is 4.98 Å². The quantitative estimate of drug-likeness (QED) is 0.608. The summed E-state index contributed by atoms with van der Waals surface area (Å²) in [6.07, 6.45) is 3.86. The van der Waals surface area contributed by atoms with Gasteiger partial charge in [-0.1, -0.05) is 17.8 Å². The molecule has 1 aromatic heterocycles. The maximum atomic E-state index is 13.5. The summed E-state index contributed by atoms with van der Waals surface area (Å²) in [5.74, 6) is -0.342. The molecule has 10 heteroatoms. The number of nitrogens with zero attached hydrogens (tertiary/aromatic N) is 3. The smallest absolute Gasteiger partial charge is 0.238 e. The summed E-state index contributed by atoms with van der Waals surface area (Å²) in [6.45, 7) is 1.91. The van der Waals surface area contributed by atoms with Gasteiger partial charge in [0.15, 0.2) is 5.16 Å². The second-order valence-corrected chi connectivity index (χ2v) is 9.50. The second kappa shape index (κ2) is 7.86. The Labute approximate surface area is 177 Å². The van der Waals surface area contributed by atoms with E-state index in [1.807, 2.05) is 6.92 Å². The fourth-order valence-electron chi connectivity index (χ4n) is 3.58. The molecule has 0 aliphatic carbocycles. The van der Waals surface area contributed by atoms with Gasteiger partial charge in [0.25, 0.3) is 0 Å². The number of fused-ring (bicyclic) bond motifs is 1. The Hall–Kier alpha value is -2.69. The van der Waals surface area contributed by atoms with Crippen LogP contribution in [0.3, 0.4) is 0 Å². The van der Waals surface area contributed by atoms with E-state index < -0.39 is 10.0 Å². The first-order valence-electron chi connectivity index (χ1n) is 9.14. The summed E-state index contributed by atoms with van der Waals surface area (Å²) in [4.78, 5) is 18.9. The minimum Gasteiger partial charge on any atom is -0.308 e. The van der Waals surface area contributed by atoms with Crippen molar-refractivity contribution in [1.29, 1.82) is 0 Å². The third-order valence-electron chi connectivity index (χ3n) is 4.88. The van der Waals surface area contributed by atoms with E-state index in [4.69, 9.17) is 5.14 Å². The van der Waals surface area contributed by atoms with Crippen LogP contribution in [-0.2, 0) is 21.2 Å². The van der Waals surface area contributed by atoms with Gasteiger partial charge in [-0.2, -0.15) is 0 Å². The summed E-state index contributed by atoms with van der Waals surface area (Å²) in [5, 5.41) is 5.78. The maximum Gasteiger partial charge on any atom is 0.238 e. The number of sulfonamides is 1. The van der Waals surface area contributed by atoms with Crippen LogP contribution in [0, 0.1) is 5.82 Å². The molecule has 1 unspecified atom stereocenters. The van der Waals surface area contributed by atoms with Crippen molar-refractivity contribution in [2.24, 2.45) is 5.14 Å². The molecule has 0 saturated carbocycles. The molecule has 1 atom stereocenters. The Morgan fingerprint density at radius 3 is 2.83 bits per heavy atom. The number of carbonyl (C=O) groups is 1. The molecule has 30 heavy (non-hydrogen) atoms. The Bertz CT molecular complexity index is 1230. The monoisotopic (exact) mass is 446 g/mol. The van der Waals surface area contributed by atoms with Gasteiger partial charge < -0.3 is 4.90 Å². The lowest BCUT2D eigenvalue weighted by molar-refractivity contribution is -0.116. The Kier molecular flexibility index (Phi) is 5.39. The third kappa shape index (κ3) is 3.98. The summed E-state index contributed by atoms with van der Waals surface area (Å²) in [7, 11) is -3.80. The van der Waals surface area contributed by atoms with Crippen LogP contribution in [0.15, 0.2) is 64.9 Å². The van der Waals surface area contributed by atoms with Crippen LogP contribution in [0.5, 0.6) is 0 Å². The molecule has 0 fully saturated rings. The van der Waals surface area contributed by atoms with Crippen molar-refractivity contribution in [2.75, 3.05) is 10.7 Å². The number of amides is 1. The van der Waals surface area contributed by atoms with Gasteiger partial charge in [0.2, 0.25) is 15.9 Å². The average Bonchev–Trinajstić information content (AvgIpc) is 3.28. The number of carbonyl (C=O) groups excluding carboxylic acids is 1. The number of hydrogen-bond donors (Lipinski definition) is 1. The van der Waals surface area contributed by atoms with Crippen LogP contribution < -0.4 is 10.0 Å². The third-order valence-corrected chi connectivity index (χ3v) is 6.74. The lowest BCUT2D eigenvalue weighted by Gasteiger charge is -2.22. The van der Waals surface area contributed by atoms with E-state index >= 15 is 0 Å². The fraction of sp³-hybridized carbons (Fsp3) is 0.200. The van der Waals surface area contributed by atoms with Crippen LogP contribution in [0.1, 0.15) is 12.5 Å². The number of thioether (sulfide) groups is 1. The summed E-state index contributed by atoms with van der Waals surface area (Å²) in [5.41, 5.74) is 2.08. The molecule has 2 heterocycles. The summed E-state index contributed by atoms with van der Waals surface area (Å²) >= 11 is 1.26. The number of rotatable bonds is 5. The molecule has 0 spiro atoms. The Morgan fingerprint density at radius 1 is 1.30 bits per heavy atom. The number of aromatic nitrogens is 2. The van der Waals surface area contributed by atoms with E-state index in [-0.39, 0.29) is 28.4 Å². The molecule has 1 aliphatic rings. The predicted molar refractivity (Wildman–Crippen MR) is 113 cm³/mol. The van der Waals surface area contributed by atoms with Crippen molar-refractivity contribution in [2.45, 2.75) is 29.4 Å². The highest BCUT2D eigenvalue weighted by Crippen LogP contribution is 2.34. The van der Waals surface area contributed by atoms with Gasteiger partial charge >= 0.3 is 0 Å².